The van der Waals surface area contributed by atoms with Crippen molar-refractivity contribution in [1.82, 2.24) is 18.8 Å². The van der Waals surface area contributed by atoms with Crippen LogP contribution in [0.5, 0.6) is 34.5 Å². The van der Waals surface area contributed by atoms with E-state index in [2.05, 4.69) is 20.6 Å². The molecule has 0 fully saturated rings. The number of aryl methyl sites for hydroxylation is 2. The lowest BCUT2D eigenvalue weighted by Crippen LogP contribution is -2.15. The number of carboxylic acid groups (broad SMARTS) is 1. The monoisotopic (exact) mass is 1030 g/mol. The van der Waals surface area contributed by atoms with Gasteiger partial charge in [-0.05, 0) is 73.9 Å². The Morgan fingerprint density at radius 3 is 1.41 bits per heavy atom. The lowest BCUT2D eigenvalue weighted by atomic mass is 9.98. The van der Waals surface area contributed by atoms with Crippen LogP contribution in [0.3, 0.4) is 0 Å². The van der Waals surface area contributed by atoms with Crippen molar-refractivity contribution < 1.29 is 68.8 Å². The molecular formula is C53H48F8N6O7. The number of carbonyl (C=O) groups excluding carboxylic acids is 1. The molecule has 4 heterocycles. The van der Waals surface area contributed by atoms with Crippen molar-refractivity contribution in [2.24, 2.45) is 0 Å². The average molecular weight is 1030 g/mol. The highest BCUT2D eigenvalue weighted by atomic mass is 19.4. The number of nitrogens with zero attached hydrogens (tertiary/aromatic N) is 4. The number of hydrogen-bond acceptors (Lipinski definition) is 10. The summed E-state index contributed by atoms with van der Waals surface area (Å²) in [5.41, 5.74) is 6.03. The Morgan fingerprint density at radius 2 is 1.04 bits per heavy atom. The summed E-state index contributed by atoms with van der Waals surface area (Å²) >= 11 is 0. The summed E-state index contributed by atoms with van der Waals surface area (Å²) < 4.78 is 130. The van der Waals surface area contributed by atoms with Crippen LogP contribution in [0, 0.1) is 25.5 Å². The molecule has 0 aliphatic heterocycles. The molecule has 8 rings (SSSR count). The van der Waals surface area contributed by atoms with E-state index in [9.17, 15) is 49.8 Å². The number of halogens is 8. The molecule has 4 aromatic carbocycles. The lowest BCUT2D eigenvalue weighted by molar-refractivity contribution is -0.132. The fraction of sp³-hybridized carbons (Fsp3) is 0.245. The first kappa shape index (κ1) is 53.4. The number of ketones is 1. The quantitative estimate of drug-likeness (QED) is 0.0557. The second kappa shape index (κ2) is 22.6. The van der Waals surface area contributed by atoms with E-state index in [1.807, 2.05) is 26.0 Å². The molecule has 0 bridgehead atoms. The maximum atomic E-state index is 14.2. The van der Waals surface area contributed by atoms with Crippen LogP contribution in [0.4, 0.5) is 46.5 Å². The number of nitrogens with one attached hydrogen (secondary N) is 2. The Balaban J connectivity index is 0.000000217. The van der Waals surface area contributed by atoms with Crippen LogP contribution in [-0.2, 0) is 0 Å². The molecule has 0 spiro atoms. The lowest BCUT2D eigenvalue weighted by Gasteiger charge is -2.14. The van der Waals surface area contributed by atoms with Crippen LogP contribution in [0.1, 0.15) is 64.4 Å². The predicted octanol–water partition coefficient (Wildman–Crippen LogP) is 13.9. The van der Waals surface area contributed by atoms with Crippen molar-refractivity contribution >= 4 is 34.4 Å². The summed E-state index contributed by atoms with van der Waals surface area (Å²) in [6, 6.07) is 21.3. The molecule has 8 aromatic rings. The topological polar surface area (TPSA) is 150 Å². The van der Waals surface area contributed by atoms with Gasteiger partial charge in [0.1, 0.15) is 23.0 Å². The van der Waals surface area contributed by atoms with E-state index in [1.165, 1.54) is 62.9 Å². The third-order valence-electron chi connectivity index (χ3n) is 11.4. The number of aromatic carboxylic acids is 1. The highest BCUT2D eigenvalue weighted by Gasteiger charge is 2.28. The zero-order valence-corrected chi connectivity index (χ0v) is 40.3. The minimum absolute atomic E-state index is 0.0318. The number of rotatable bonds is 18. The van der Waals surface area contributed by atoms with E-state index < -0.39 is 49.3 Å². The summed E-state index contributed by atoms with van der Waals surface area (Å²) in [7, 11) is 2.68. The van der Waals surface area contributed by atoms with Gasteiger partial charge in [-0.2, -0.15) is 26.3 Å². The molecule has 0 saturated heterocycles. The van der Waals surface area contributed by atoms with Crippen molar-refractivity contribution in [1.29, 1.82) is 0 Å². The van der Waals surface area contributed by atoms with E-state index >= 15 is 0 Å². The van der Waals surface area contributed by atoms with Crippen LogP contribution in [0.2, 0.25) is 0 Å². The molecule has 21 heteroatoms. The molecule has 4 aromatic heterocycles. The van der Waals surface area contributed by atoms with Gasteiger partial charge in [-0.15, -0.1) is 0 Å². The average Bonchev–Trinajstić information content (AvgIpc) is 3.96. The van der Waals surface area contributed by atoms with E-state index in [1.54, 1.807) is 52.5 Å². The van der Waals surface area contributed by atoms with Crippen molar-refractivity contribution in [3.05, 3.63) is 144 Å². The fourth-order valence-electron chi connectivity index (χ4n) is 7.85. The number of alkyl halides is 6. The highest BCUT2D eigenvalue weighted by Crippen LogP contribution is 2.36. The number of benzene rings is 4. The number of aromatic nitrogens is 4. The van der Waals surface area contributed by atoms with E-state index in [0.29, 0.717) is 51.5 Å². The van der Waals surface area contributed by atoms with Gasteiger partial charge in [0.05, 0.1) is 80.2 Å². The van der Waals surface area contributed by atoms with Crippen molar-refractivity contribution in [2.45, 2.75) is 58.8 Å². The van der Waals surface area contributed by atoms with Crippen LogP contribution in [0.15, 0.2) is 110 Å². The Bertz CT molecular complexity index is 3340. The fourth-order valence-corrected chi connectivity index (χ4v) is 7.85. The zero-order valence-electron chi connectivity index (χ0n) is 40.3. The number of fused-ring (bicyclic) bond motifs is 2. The van der Waals surface area contributed by atoms with Crippen LogP contribution >= 0.6 is 0 Å². The summed E-state index contributed by atoms with van der Waals surface area (Å²) in [6.45, 7) is 4.70. The largest absolute Gasteiger partial charge is 0.494 e. The number of imidazole rings is 2. The smallest absolute Gasteiger partial charge is 0.390 e. The molecule has 0 aliphatic rings. The van der Waals surface area contributed by atoms with Gasteiger partial charge in [-0.1, -0.05) is 25.1 Å². The molecule has 0 atom stereocenters. The first-order valence-corrected chi connectivity index (χ1v) is 22.8. The number of anilines is 2. The van der Waals surface area contributed by atoms with Crippen molar-refractivity contribution in [3.8, 4) is 57.0 Å². The number of hydrogen-bond donors (Lipinski definition) is 3. The molecule has 0 aliphatic carbocycles. The molecule has 0 amide bonds. The number of ether oxygens (including phenoxy) is 4. The number of methoxy groups -OCH3 is 2. The van der Waals surface area contributed by atoms with Crippen LogP contribution < -0.4 is 29.6 Å². The van der Waals surface area contributed by atoms with Gasteiger partial charge in [0.25, 0.3) is 0 Å². The normalized spacial score (nSPS) is 11.5. The maximum absolute atomic E-state index is 14.2. The Morgan fingerprint density at radius 1 is 0.608 bits per heavy atom. The summed E-state index contributed by atoms with van der Waals surface area (Å²) in [6.07, 6.45) is -3.25. The third kappa shape index (κ3) is 13.0. The van der Waals surface area contributed by atoms with Gasteiger partial charge >= 0.3 is 18.3 Å². The number of Topliss-reactive ketones (excluding diaryl/α,β-unsaturated/α-hetero) is 1. The number of carbonyl (C=O) groups is 2. The Hall–Kier alpha value is -8.36. The molecule has 13 nitrogen and oxygen atoms in total. The summed E-state index contributed by atoms with van der Waals surface area (Å²) in [5, 5.41) is 14.8. The minimum Gasteiger partial charge on any atom is -0.494 e. The highest BCUT2D eigenvalue weighted by molar-refractivity contribution is 5.98. The first-order chi connectivity index (χ1) is 35.1. The molecule has 3 N–H and O–H groups in total. The van der Waals surface area contributed by atoms with Crippen LogP contribution in [-0.4, -0.2) is 75.3 Å². The molecule has 388 valence electrons. The summed E-state index contributed by atoms with van der Waals surface area (Å²) in [5.74, 6) is -1.38. The molecule has 74 heavy (non-hydrogen) atoms. The predicted molar refractivity (Wildman–Crippen MR) is 261 cm³/mol. The third-order valence-corrected chi connectivity index (χ3v) is 11.4. The van der Waals surface area contributed by atoms with E-state index in [-0.39, 0.29) is 58.1 Å². The minimum atomic E-state index is -4.35. The van der Waals surface area contributed by atoms with E-state index in [4.69, 9.17) is 18.9 Å². The number of pyridine rings is 2. The second-order valence-electron chi connectivity index (χ2n) is 16.8. The molecule has 0 saturated carbocycles. The summed E-state index contributed by atoms with van der Waals surface area (Å²) in [4.78, 5) is 32.6. The van der Waals surface area contributed by atoms with E-state index in [0.717, 1.165) is 29.7 Å². The molecule has 0 radical (unpaired) electrons. The molecular weight excluding hydrogens is 985 g/mol. The standard InChI is InChI=1S/C28H27F4N3O3.C25H21F4N3O4/c1-4-5-25(36)21-8-6-18(12-17(21)2)24-15-34-27-23(33-11-10-28(30,31)32)14-20(16-35(24)27)38-19-7-9-26(37-3)22(29)13-19;1-14-9-15(3-5-18(14)24(33)34)21-12-31-23-20(30-8-7-25(27,28)29)11-17(13-32(21)23)36-16-4-6-22(35-2)19(26)10-16/h6-9,12-16,33H,4-5,10-11H2,1-3H3;3-6,9-13,30H,7-8H2,1-2H3,(H,33,34). The molecule has 0 unspecified atom stereocenters. The number of carboxylic acids is 1. The maximum Gasteiger partial charge on any atom is 0.390 e. The van der Waals surface area contributed by atoms with Crippen LogP contribution in [0.25, 0.3) is 33.8 Å². The van der Waals surface area contributed by atoms with Gasteiger partial charge in [-0.3, -0.25) is 13.6 Å². The van der Waals surface area contributed by atoms with Gasteiger partial charge in [0.2, 0.25) is 0 Å². The van der Waals surface area contributed by atoms with Gasteiger partial charge in [0.15, 0.2) is 40.2 Å². The van der Waals surface area contributed by atoms with Gasteiger partial charge in [-0.25, -0.2) is 23.5 Å². The second-order valence-corrected chi connectivity index (χ2v) is 16.8. The van der Waals surface area contributed by atoms with Crippen molar-refractivity contribution in [2.75, 3.05) is 37.9 Å². The first-order valence-electron chi connectivity index (χ1n) is 22.8. The van der Waals surface area contributed by atoms with Gasteiger partial charge < -0.3 is 34.7 Å². The zero-order chi connectivity index (χ0) is 53.5. The Kier molecular flexibility index (Phi) is 16.3. The SMILES string of the molecule is CCCC(=O)c1ccc(-c2cnc3c(NCCC(F)(F)F)cc(Oc4ccc(OC)c(F)c4)cn23)cc1C.COc1ccc(Oc2cc(NCCC(F)(F)F)c3ncc(-c4ccc(C(=O)O)c(C)c4)n3c2)cc1F. The van der Waals surface area contributed by atoms with Gasteiger partial charge in [0, 0.05) is 60.5 Å². The van der Waals surface area contributed by atoms with Crippen molar-refractivity contribution in [3.63, 3.8) is 0 Å². The Labute approximate surface area is 418 Å².